The standard InChI is InChI=1S/C25H28ClN4OP/c1-30-24(27)22(25(31)28-19-7-8-21(32)20(26)13-19)23(29-30)18-11-16-9-15(10-17(16)12-18)14-5-3-2-4-6-14/h2-8,13,15-18H,9-12,27,32H2,1H3,(H,28,31). The number of anilines is 2. The van der Waals surface area contributed by atoms with Gasteiger partial charge in [0.15, 0.2) is 0 Å². The Morgan fingerprint density at radius 3 is 2.41 bits per heavy atom. The van der Waals surface area contributed by atoms with E-state index in [1.807, 2.05) is 12.1 Å². The van der Waals surface area contributed by atoms with E-state index in [0.29, 0.717) is 39.8 Å². The van der Waals surface area contributed by atoms with Crippen LogP contribution in [0.4, 0.5) is 11.5 Å². The average molecular weight is 467 g/mol. The third kappa shape index (κ3) is 3.93. The van der Waals surface area contributed by atoms with Crippen molar-refractivity contribution in [1.82, 2.24) is 9.78 Å². The molecule has 0 radical (unpaired) electrons. The summed E-state index contributed by atoms with van der Waals surface area (Å²) in [6.07, 6.45) is 4.57. The Labute approximate surface area is 195 Å². The first-order chi connectivity index (χ1) is 15.4. The number of rotatable bonds is 4. The largest absolute Gasteiger partial charge is 0.383 e. The molecule has 0 saturated heterocycles. The van der Waals surface area contributed by atoms with Crippen LogP contribution in [0.5, 0.6) is 0 Å². The minimum atomic E-state index is -0.225. The number of fused-ring (bicyclic) bond motifs is 1. The van der Waals surface area contributed by atoms with E-state index >= 15 is 0 Å². The quantitative estimate of drug-likeness (QED) is 0.526. The highest BCUT2D eigenvalue weighted by atomic mass is 35.5. The lowest BCUT2D eigenvalue weighted by molar-refractivity contribution is 0.102. The summed E-state index contributed by atoms with van der Waals surface area (Å²) in [5.74, 6) is 2.45. The van der Waals surface area contributed by atoms with Gasteiger partial charge in [-0.15, -0.1) is 9.24 Å². The Kier molecular flexibility index (Phi) is 5.73. The summed E-state index contributed by atoms with van der Waals surface area (Å²) < 4.78 is 1.63. The van der Waals surface area contributed by atoms with E-state index < -0.39 is 0 Å². The maximum Gasteiger partial charge on any atom is 0.261 e. The molecular formula is C25H28ClN4OP. The van der Waals surface area contributed by atoms with Crippen LogP contribution in [0.3, 0.4) is 0 Å². The first-order valence-electron chi connectivity index (χ1n) is 11.1. The van der Waals surface area contributed by atoms with Crippen molar-refractivity contribution < 1.29 is 4.79 Å². The Balaban J connectivity index is 1.34. The number of nitrogen functional groups attached to an aromatic ring is 1. The van der Waals surface area contributed by atoms with Gasteiger partial charge >= 0.3 is 0 Å². The van der Waals surface area contributed by atoms with Crippen LogP contribution in [0.25, 0.3) is 0 Å². The van der Waals surface area contributed by atoms with Gasteiger partial charge in [0.05, 0.1) is 5.69 Å². The van der Waals surface area contributed by atoms with Gasteiger partial charge in [-0.25, -0.2) is 0 Å². The van der Waals surface area contributed by atoms with Gasteiger partial charge in [0.1, 0.15) is 11.4 Å². The fourth-order valence-corrected chi connectivity index (χ4v) is 6.07. The second kappa shape index (κ2) is 8.53. The zero-order valence-electron chi connectivity index (χ0n) is 18.1. The van der Waals surface area contributed by atoms with E-state index in [0.717, 1.165) is 23.8 Å². The van der Waals surface area contributed by atoms with E-state index in [2.05, 4.69) is 44.9 Å². The molecular weight excluding hydrogens is 439 g/mol. The molecule has 2 aromatic carbocycles. The molecule has 0 aliphatic heterocycles. The van der Waals surface area contributed by atoms with Crippen molar-refractivity contribution >= 4 is 43.6 Å². The van der Waals surface area contributed by atoms with Gasteiger partial charge in [0.25, 0.3) is 5.91 Å². The molecule has 2 aliphatic carbocycles. The van der Waals surface area contributed by atoms with Gasteiger partial charge < -0.3 is 11.1 Å². The van der Waals surface area contributed by atoms with E-state index in [1.54, 1.807) is 17.8 Å². The molecule has 1 heterocycles. The van der Waals surface area contributed by atoms with Gasteiger partial charge in [-0.2, -0.15) is 5.10 Å². The Morgan fingerprint density at radius 2 is 1.75 bits per heavy atom. The predicted octanol–water partition coefficient (Wildman–Crippen LogP) is 5.10. The second-order valence-corrected chi connectivity index (χ2v) is 10.3. The molecule has 32 heavy (non-hydrogen) atoms. The fourth-order valence-electron chi connectivity index (χ4n) is 5.71. The number of nitrogens with one attached hydrogen (secondary N) is 1. The molecule has 3 unspecified atom stereocenters. The summed E-state index contributed by atoms with van der Waals surface area (Å²) in [6, 6.07) is 16.3. The molecule has 2 fully saturated rings. The van der Waals surface area contributed by atoms with Crippen LogP contribution in [0.15, 0.2) is 48.5 Å². The smallest absolute Gasteiger partial charge is 0.261 e. The van der Waals surface area contributed by atoms with Crippen molar-refractivity contribution in [3.63, 3.8) is 0 Å². The molecule has 3 N–H and O–H groups in total. The first-order valence-corrected chi connectivity index (χ1v) is 12.1. The fraction of sp³-hybridized carbons (Fsp3) is 0.360. The average Bonchev–Trinajstić information content (AvgIpc) is 3.43. The van der Waals surface area contributed by atoms with Gasteiger partial charge in [-0.1, -0.05) is 48.0 Å². The number of aromatic nitrogens is 2. The minimum absolute atomic E-state index is 0.225. The zero-order valence-corrected chi connectivity index (χ0v) is 20.0. The summed E-state index contributed by atoms with van der Waals surface area (Å²) in [5.41, 5.74) is 9.74. The number of nitrogens with two attached hydrogens (primary N) is 1. The van der Waals surface area contributed by atoms with Crippen LogP contribution >= 0.6 is 20.8 Å². The van der Waals surface area contributed by atoms with Gasteiger partial charge in [-0.3, -0.25) is 9.48 Å². The van der Waals surface area contributed by atoms with E-state index in [4.69, 9.17) is 22.4 Å². The lowest BCUT2D eigenvalue weighted by Crippen LogP contribution is -2.17. The summed E-state index contributed by atoms with van der Waals surface area (Å²) in [5, 5.41) is 9.12. The maximum absolute atomic E-state index is 13.2. The summed E-state index contributed by atoms with van der Waals surface area (Å²) >= 11 is 6.21. The van der Waals surface area contributed by atoms with Gasteiger partial charge in [0.2, 0.25) is 0 Å². The summed E-state index contributed by atoms with van der Waals surface area (Å²) in [4.78, 5) is 13.2. The molecule has 3 aromatic rings. The highest BCUT2D eigenvalue weighted by Crippen LogP contribution is 2.55. The molecule has 5 nitrogen and oxygen atoms in total. The number of hydrogen-bond acceptors (Lipinski definition) is 3. The molecule has 0 bridgehead atoms. The van der Waals surface area contributed by atoms with E-state index in [1.165, 1.54) is 18.4 Å². The number of carbonyl (C=O) groups is 1. The van der Waals surface area contributed by atoms with Crippen molar-refractivity contribution in [1.29, 1.82) is 0 Å². The highest BCUT2D eigenvalue weighted by molar-refractivity contribution is 7.28. The molecule has 1 aromatic heterocycles. The van der Waals surface area contributed by atoms with Crippen LogP contribution in [-0.4, -0.2) is 15.7 Å². The molecule has 166 valence electrons. The van der Waals surface area contributed by atoms with Crippen LogP contribution in [0, 0.1) is 11.8 Å². The number of nitrogens with zero attached hydrogens (tertiary/aromatic N) is 2. The summed E-state index contributed by atoms with van der Waals surface area (Å²) in [7, 11) is 4.38. The second-order valence-electron chi connectivity index (χ2n) is 9.23. The third-order valence-corrected chi connectivity index (χ3v) is 8.29. The van der Waals surface area contributed by atoms with Crippen molar-refractivity contribution in [3.8, 4) is 0 Å². The highest BCUT2D eigenvalue weighted by Gasteiger charge is 2.44. The predicted molar refractivity (Wildman–Crippen MR) is 134 cm³/mol. The van der Waals surface area contributed by atoms with Gasteiger partial charge in [-0.05, 0) is 66.4 Å². The molecule has 3 atom stereocenters. The van der Waals surface area contributed by atoms with Crippen LogP contribution in [-0.2, 0) is 7.05 Å². The van der Waals surface area contributed by atoms with E-state index in [-0.39, 0.29) is 11.8 Å². The van der Waals surface area contributed by atoms with Crippen LogP contribution in [0.2, 0.25) is 5.02 Å². The number of benzene rings is 2. The Bertz CT molecular complexity index is 1150. The van der Waals surface area contributed by atoms with Crippen molar-refractivity contribution in [2.75, 3.05) is 11.1 Å². The molecule has 0 spiro atoms. The Morgan fingerprint density at radius 1 is 1.09 bits per heavy atom. The number of aryl methyl sites for hydroxylation is 1. The van der Waals surface area contributed by atoms with Crippen LogP contribution < -0.4 is 16.4 Å². The van der Waals surface area contributed by atoms with Crippen molar-refractivity contribution in [2.45, 2.75) is 37.5 Å². The lowest BCUT2D eigenvalue weighted by atomic mass is 9.90. The number of amides is 1. The number of halogens is 1. The number of hydrogen-bond donors (Lipinski definition) is 2. The normalized spacial score (nSPS) is 24.5. The minimum Gasteiger partial charge on any atom is -0.383 e. The SMILES string of the molecule is Cn1nc(C2CC3CC(c4ccccc4)CC3C2)c(C(=O)Nc2ccc(P)c(Cl)c2)c1N. The molecule has 5 rings (SSSR count). The molecule has 7 heteroatoms. The number of carbonyl (C=O) groups excluding carboxylic acids is 1. The van der Waals surface area contributed by atoms with Crippen molar-refractivity contribution in [2.24, 2.45) is 18.9 Å². The monoisotopic (exact) mass is 466 g/mol. The Hall–Kier alpha value is -2.36. The maximum atomic E-state index is 13.2. The van der Waals surface area contributed by atoms with Gasteiger partial charge in [0, 0.05) is 23.7 Å². The molecule has 1 amide bonds. The lowest BCUT2D eigenvalue weighted by Gasteiger charge is -2.15. The zero-order chi connectivity index (χ0) is 22.4. The first kappa shape index (κ1) is 21.5. The third-order valence-electron chi connectivity index (χ3n) is 7.28. The molecule has 2 saturated carbocycles. The molecule has 2 aliphatic rings. The summed E-state index contributed by atoms with van der Waals surface area (Å²) in [6.45, 7) is 0. The van der Waals surface area contributed by atoms with E-state index in [9.17, 15) is 4.79 Å². The van der Waals surface area contributed by atoms with Crippen LogP contribution in [0.1, 0.15) is 59.1 Å². The topological polar surface area (TPSA) is 72.9 Å². The van der Waals surface area contributed by atoms with Crippen molar-refractivity contribution in [3.05, 3.63) is 70.4 Å².